The highest BCUT2D eigenvalue weighted by molar-refractivity contribution is 9.10. The summed E-state index contributed by atoms with van der Waals surface area (Å²) >= 11 is 3.27. The van der Waals surface area contributed by atoms with Crippen LogP contribution in [0.4, 0.5) is 13.2 Å². The third-order valence-electron chi connectivity index (χ3n) is 3.34. The summed E-state index contributed by atoms with van der Waals surface area (Å²) in [6.07, 6.45) is -5.26. The van der Waals surface area contributed by atoms with E-state index in [0.29, 0.717) is 21.5 Å². The fourth-order valence-corrected chi connectivity index (χ4v) is 3.01. The number of rotatable bonds is 1. The first-order valence-electron chi connectivity index (χ1n) is 5.80. The number of alkyl halides is 3. The van der Waals surface area contributed by atoms with Crippen molar-refractivity contribution in [3.63, 3.8) is 0 Å². The summed E-state index contributed by atoms with van der Waals surface area (Å²) in [4.78, 5) is 0. The lowest BCUT2D eigenvalue weighted by atomic mass is 9.90. The minimum atomic E-state index is -4.41. The van der Waals surface area contributed by atoms with E-state index in [-0.39, 0.29) is 6.79 Å². The van der Waals surface area contributed by atoms with Crippen molar-refractivity contribution in [2.45, 2.75) is 24.3 Å². The molecule has 3 atom stereocenters. The number of benzene rings is 1. The van der Waals surface area contributed by atoms with Gasteiger partial charge in [-0.15, -0.1) is 0 Å². The number of hydrogen-bond donors (Lipinski definition) is 3. The lowest BCUT2D eigenvalue weighted by Gasteiger charge is -2.23. The molecule has 4 N–H and O–H groups in total. The SMILES string of the molecule is NC1NNC(C(F)(F)F)C1c1cc(Br)c2c(c1)OCO2. The average Bonchev–Trinajstić information content (AvgIpc) is 2.93. The molecular formula is C11H11BrF3N3O2. The molecule has 2 aliphatic rings. The van der Waals surface area contributed by atoms with Gasteiger partial charge in [-0.1, -0.05) is 0 Å². The predicted octanol–water partition coefficient (Wildman–Crippen LogP) is 1.58. The number of halogens is 4. The van der Waals surface area contributed by atoms with Crippen LogP contribution in [0, 0.1) is 0 Å². The Balaban J connectivity index is 2.01. The first-order valence-corrected chi connectivity index (χ1v) is 6.59. The zero-order valence-electron chi connectivity index (χ0n) is 10.00. The van der Waals surface area contributed by atoms with Gasteiger partial charge in [-0.2, -0.15) is 13.2 Å². The van der Waals surface area contributed by atoms with Crippen LogP contribution in [0.2, 0.25) is 0 Å². The molecular weight excluding hydrogens is 343 g/mol. The predicted molar refractivity (Wildman–Crippen MR) is 67.1 cm³/mol. The highest BCUT2D eigenvalue weighted by atomic mass is 79.9. The van der Waals surface area contributed by atoms with Gasteiger partial charge < -0.3 is 15.2 Å². The highest BCUT2D eigenvalue weighted by Gasteiger charge is 2.51. The minimum absolute atomic E-state index is 0.0489. The Labute approximate surface area is 120 Å². The number of hydrazine groups is 1. The fourth-order valence-electron chi connectivity index (χ4n) is 2.44. The van der Waals surface area contributed by atoms with E-state index in [1.807, 2.05) is 0 Å². The van der Waals surface area contributed by atoms with Gasteiger partial charge in [0, 0.05) is 5.92 Å². The topological polar surface area (TPSA) is 68.5 Å². The van der Waals surface area contributed by atoms with Gasteiger partial charge in [-0.3, -0.25) is 0 Å². The molecule has 2 aliphatic heterocycles. The maximum Gasteiger partial charge on any atom is 0.405 e. The number of nitrogens with two attached hydrogens (primary N) is 1. The van der Waals surface area contributed by atoms with Gasteiger partial charge >= 0.3 is 6.18 Å². The van der Waals surface area contributed by atoms with Crippen molar-refractivity contribution < 1.29 is 22.6 Å². The first-order chi connectivity index (χ1) is 9.38. The van der Waals surface area contributed by atoms with E-state index in [9.17, 15) is 13.2 Å². The second kappa shape index (κ2) is 4.76. The van der Waals surface area contributed by atoms with Gasteiger partial charge in [0.1, 0.15) is 6.04 Å². The van der Waals surface area contributed by atoms with Crippen molar-refractivity contribution in [1.29, 1.82) is 0 Å². The van der Waals surface area contributed by atoms with E-state index in [1.54, 1.807) is 6.07 Å². The molecule has 0 aliphatic carbocycles. The molecule has 2 heterocycles. The van der Waals surface area contributed by atoms with E-state index in [2.05, 4.69) is 26.8 Å². The van der Waals surface area contributed by atoms with Crippen molar-refractivity contribution in [2.75, 3.05) is 6.79 Å². The smallest absolute Gasteiger partial charge is 0.405 e. The van der Waals surface area contributed by atoms with Gasteiger partial charge in [-0.25, -0.2) is 10.9 Å². The van der Waals surface area contributed by atoms with E-state index in [0.717, 1.165) is 0 Å². The third kappa shape index (κ3) is 2.24. The molecule has 1 saturated heterocycles. The number of fused-ring (bicyclic) bond motifs is 1. The number of hydrogen-bond acceptors (Lipinski definition) is 5. The summed E-state index contributed by atoms with van der Waals surface area (Å²) in [7, 11) is 0. The zero-order valence-corrected chi connectivity index (χ0v) is 11.6. The molecule has 3 rings (SSSR count). The Hall–Kier alpha value is -1.03. The minimum Gasteiger partial charge on any atom is -0.454 e. The summed E-state index contributed by atoms with van der Waals surface area (Å²) in [6, 6.07) is 1.35. The van der Waals surface area contributed by atoms with Gasteiger partial charge in [0.05, 0.1) is 10.6 Å². The van der Waals surface area contributed by atoms with Crippen LogP contribution in [0.5, 0.6) is 11.5 Å². The Morgan fingerprint density at radius 2 is 2.00 bits per heavy atom. The molecule has 5 nitrogen and oxygen atoms in total. The van der Waals surface area contributed by atoms with Crippen LogP contribution < -0.4 is 26.1 Å². The van der Waals surface area contributed by atoms with E-state index < -0.39 is 24.3 Å². The molecule has 20 heavy (non-hydrogen) atoms. The highest BCUT2D eigenvalue weighted by Crippen LogP contribution is 2.44. The quantitative estimate of drug-likeness (QED) is 0.715. The van der Waals surface area contributed by atoms with Gasteiger partial charge in [-0.05, 0) is 33.6 Å². The first kappa shape index (κ1) is 13.9. The van der Waals surface area contributed by atoms with Crippen LogP contribution in [0.25, 0.3) is 0 Å². The molecule has 9 heteroatoms. The molecule has 0 spiro atoms. The van der Waals surface area contributed by atoms with Crippen LogP contribution in [0.1, 0.15) is 11.5 Å². The normalized spacial score (nSPS) is 28.9. The van der Waals surface area contributed by atoms with Crippen molar-refractivity contribution in [3.05, 3.63) is 22.2 Å². The number of nitrogens with one attached hydrogen (secondary N) is 2. The monoisotopic (exact) mass is 353 g/mol. The Morgan fingerprint density at radius 1 is 1.25 bits per heavy atom. The third-order valence-corrected chi connectivity index (χ3v) is 3.93. The van der Waals surface area contributed by atoms with Crippen LogP contribution in [0.3, 0.4) is 0 Å². The van der Waals surface area contributed by atoms with Crippen molar-refractivity contribution in [1.82, 2.24) is 10.9 Å². The standard InChI is InChI=1S/C11H11BrF3N3O2/c12-5-1-4(2-6-8(5)20-3-19-6)7-9(11(13,14)15)17-18-10(7)16/h1-2,7,9-10,17-18H,3,16H2. The van der Waals surface area contributed by atoms with Crippen molar-refractivity contribution in [2.24, 2.45) is 5.73 Å². The summed E-state index contributed by atoms with van der Waals surface area (Å²) in [5, 5.41) is 0. The van der Waals surface area contributed by atoms with Gasteiger partial charge in [0.2, 0.25) is 6.79 Å². The molecule has 110 valence electrons. The van der Waals surface area contributed by atoms with Gasteiger partial charge in [0.25, 0.3) is 0 Å². The molecule has 0 bridgehead atoms. The van der Waals surface area contributed by atoms with Crippen molar-refractivity contribution in [3.8, 4) is 11.5 Å². The van der Waals surface area contributed by atoms with E-state index in [4.69, 9.17) is 15.2 Å². The molecule has 0 saturated carbocycles. The summed E-state index contributed by atoms with van der Waals surface area (Å²) in [6.45, 7) is 0.0489. The maximum absolute atomic E-state index is 13.0. The van der Waals surface area contributed by atoms with Crippen LogP contribution >= 0.6 is 15.9 Å². The number of ether oxygens (including phenoxy) is 2. The van der Waals surface area contributed by atoms with Gasteiger partial charge in [0.15, 0.2) is 11.5 Å². The largest absolute Gasteiger partial charge is 0.454 e. The fraction of sp³-hybridized carbons (Fsp3) is 0.455. The van der Waals surface area contributed by atoms with Crippen LogP contribution in [-0.2, 0) is 0 Å². The lowest BCUT2D eigenvalue weighted by Crippen LogP contribution is -2.43. The Morgan fingerprint density at radius 3 is 2.70 bits per heavy atom. The summed E-state index contributed by atoms with van der Waals surface area (Å²) < 4.78 is 50.0. The molecule has 0 amide bonds. The molecule has 1 aromatic rings. The maximum atomic E-state index is 13.0. The second-order valence-electron chi connectivity index (χ2n) is 4.60. The zero-order chi connectivity index (χ0) is 14.5. The summed E-state index contributed by atoms with van der Waals surface area (Å²) in [5.74, 6) is -0.0556. The van der Waals surface area contributed by atoms with Crippen LogP contribution in [0.15, 0.2) is 16.6 Å². The molecule has 1 fully saturated rings. The van der Waals surface area contributed by atoms with Crippen LogP contribution in [-0.4, -0.2) is 25.2 Å². The molecule has 0 radical (unpaired) electrons. The Bertz CT molecular complexity index is 540. The second-order valence-corrected chi connectivity index (χ2v) is 5.45. The Kier molecular flexibility index (Phi) is 3.32. The average molecular weight is 354 g/mol. The van der Waals surface area contributed by atoms with E-state index >= 15 is 0 Å². The summed E-state index contributed by atoms with van der Waals surface area (Å²) in [5.41, 5.74) is 10.8. The van der Waals surface area contributed by atoms with E-state index in [1.165, 1.54) is 6.07 Å². The molecule has 0 aromatic heterocycles. The molecule has 1 aromatic carbocycles. The molecule has 3 unspecified atom stereocenters. The lowest BCUT2D eigenvalue weighted by molar-refractivity contribution is -0.156. The van der Waals surface area contributed by atoms with Crippen molar-refractivity contribution >= 4 is 15.9 Å².